The van der Waals surface area contributed by atoms with E-state index in [9.17, 15) is 4.39 Å². The Hall–Kier alpha value is -1.79. The number of ether oxygens (including phenoxy) is 1. The number of hydrogen-bond donors (Lipinski definition) is 1. The molecule has 1 N–H and O–H groups in total. The van der Waals surface area contributed by atoms with Gasteiger partial charge in [-0.2, -0.15) is 4.98 Å². The molecule has 0 unspecified atom stereocenters. The Kier molecular flexibility index (Phi) is 3.50. The van der Waals surface area contributed by atoms with Gasteiger partial charge in [-0.1, -0.05) is 11.2 Å². The summed E-state index contributed by atoms with van der Waals surface area (Å²) in [5.41, 5.74) is 1.56. The van der Waals surface area contributed by atoms with Gasteiger partial charge in [0.15, 0.2) is 0 Å². The number of nitrogens with zero attached hydrogens (tertiary/aromatic N) is 2. The number of nitrogens with one attached hydrogen (secondary N) is 1. The van der Waals surface area contributed by atoms with E-state index < -0.39 is 0 Å². The van der Waals surface area contributed by atoms with Crippen LogP contribution in [0, 0.1) is 12.7 Å². The average Bonchev–Trinajstić information content (AvgIpc) is 3.09. The third-order valence-electron chi connectivity index (χ3n) is 3.60. The van der Waals surface area contributed by atoms with E-state index in [1.807, 2.05) is 6.92 Å². The summed E-state index contributed by atoms with van der Waals surface area (Å²) in [6.45, 7) is 2.65. The maximum atomic E-state index is 13.3. The smallest absolute Gasteiger partial charge is 0.244 e. The monoisotopic (exact) mass is 277 g/mol. The molecule has 0 aliphatic carbocycles. The van der Waals surface area contributed by atoms with Crippen LogP contribution in [0.1, 0.15) is 23.9 Å². The van der Waals surface area contributed by atoms with Gasteiger partial charge < -0.3 is 14.6 Å². The summed E-state index contributed by atoms with van der Waals surface area (Å²) in [5, 5.41) is 7.22. The summed E-state index contributed by atoms with van der Waals surface area (Å²) < 4.78 is 23.9. The second-order valence-electron chi connectivity index (χ2n) is 4.97. The fourth-order valence-electron chi connectivity index (χ4n) is 2.39. The fraction of sp³-hybridized carbons (Fsp3) is 0.429. The molecule has 3 rings (SSSR count). The highest BCUT2D eigenvalue weighted by atomic mass is 19.1. The van der Waals surface area contributed by atoms with E-state index >= 15 is 0 Å². The Morgan fingerprint density at radius 2 is 2.30 bits per heavy atom. The molecule has 5 nitrogen and oxygen atoms in total. The van der Waals surface area contributed by atoms with Crippen LogP contribution >= 0.6 is 0 Å². The van der Waals surface area contributed by atoms with E-state index in [2.05, 4.69) is 15.5 Å². The molecule has 0 radical (unpaired) electrons. The van der Waals surface area contributed by atoms with Crippen LogP contribution in [0.15, 0.2) is 22.7 Å². The third-order valence-corrected chi connectivity index (χ3v) is 3.60. The molecule has 1 fully saturated rings. The quantitative estimate of drug-likeness (QED) is 0.932. The van der Waals surface area contributed by atoms with Gasteiger partial charge in [-0.3, -0.25) is 0 Å². The van der Waals surface area contributed by atoms with Gasteiger partial charge in [0, 0.05) is 19.2 Å². The van der Waals surface area contributed by atoms with Gasteiger partial charge in [0.05, 0.1) is 12.1 Å². The lowest BCUT2D eigenvalue weighted by Crippen LogP contribution is -2.16. The topological polar surface area (TPSA) is 60.2 Å². The van der Waals surface area contributed by atoms with Crippen molar-refractivity contribution in [3.63, 3.8) is 0 Å². The highest BCUT2D eigenvalue weighted by Crippen LogP contribution is 2.27. The Balaban J connectivity index is 1.85. The van der Waals surface area contributed by atoms with Crippen LogP contribution in [-0.4, -0.2) is 29.9 Å². The van der Waals surface area contributed by atoms with Crippen LogP contribution in [0.4, 0.5) is 4.39 Å². The molecule has 1 aliphatic rings. The van der Waals surface area contributed by atoms with Gasteiger partial charge >= 0.3 is 0 Å². The summed E-state index contributed by atoms with van der Waals surface area (Å²) in [6.07, 6.45) is 0.951. The van der Waals surface area contributed by atoms with Gasteiger partial charge in [-0.05, 0) is 31.0 Å². The number of rotatable bonds is 3. The zero-order valence-corrected chi connectivity index (χ0v) is 11.4. The first-order chi connectivity index (χ1) is 9.67. The number of benzene rings is 1. The van der Waals surface area contributed by atoms with Crippen molar-refractivity contribution in [3.8, 4) is 11.4 Å². The van der Waals surface area contributed by atoms with E-state index in [-0.39, 0.29) is 18.0 Å². The first-order valence-electron chi connectivity index (χ1n) is 6.53. The van der Waals surface area contributed by atoms with Crippen molar-refractivity contribution in [2.45, 2.75) is 25.5 Å². The molecular formula is C14H16FN3O2. The van der Waals surface area contributed by atoms with Crippen LogP contribution < -0.4 is 5.32 Å². The Bertz CT molecular complexity index is 614. The number of aromatic nitrogens is 2. The molecule has 0 spiro atoms. The molecule has 1 aromatic carbocycles. The summed E-state index contributed by atoms with van der Waals surface area (Å²) >= 11 is 0. The molecule has 2 atom stereocenters. The number of hydrogen-bond acceptors (Lipinski definition) is 5. The van der Waals surface area contributed by atoms with E-state index in [0.29, 0.717) is 17.3 Å². The van der Waals surface area contributed by atoms with Crippen molar-refractivity contribution < 1.29 is 13.7 Å². The average molecular weight is 277 g/mol. The largest absolute Gasteiger partial charge is 0.380 e. The standard InChI is InChI=1S/C14H16FN3O2/c1-8-3-4-9(15)5-11(8)13-17-14(20-18-13)12-6-10(19-2)7-16-12/h3-5,10,12,16H,6-7H2,1-2H3/t10-,12+/m0/s1. The number of methoxy groups -OCH3 is 1. The van der Waals surface area contributed by atoms with E-state index in [1.54, 1.807) is 13.2 Å². The summed E-state index contributed by atoms with van der Waals surface area (Å²) in [4.78, 5) is 4.37. The maximum absolute atomic E-state index is 13.3. The van der Waals surface area contributed by atoms with Gasteiger partial charge in [-0.25, -0.2) is 4.39 Å². The van der Waals surface area contributed by atoms with E-state index in [0.717, 1.165) is 18.5 Å². The molecular weight excluding hydrogens is 261 g/mol. The van der Waals surface area contributed by atoms with Crippen LogP contribution in [0.2, 0.25) is 0 Å². The lowest BCUT2D eigenvalue weighted by Gasteiger charge is -2.04. The highest BCUT2D eigenvalue weighted by Gasteiger charge is 2.29. The summed E-state index contributed by atoms with van der Waals surface area (Å²) in [7, 11) is 1.68. The minimum absolute atomic E-state index is 0.00457. The van der Waals surface area contributed by atoms with Crippen LogP contribution in [0.5, 0.6) is 0 Å². The zero-order valence-electron chi connectivity index (χ0n) is 11.4. The first-order valence-corrected chi connectivity index (χ1v) is 6.53. The minimum Gasteiger partial charge on any atom is -0.380 e. The van der Waals surface area contributed by atoms with E-state index in [1.165, 1.54) is 12.1 Å². The normalized spacial score (nSPS) is 22.4. The summed E-state index contributed by atoms with van der Waals surface area (Å²) in [5.74, 6) is 0.623. The predicted octanol–water partition coefficient (Wildman–Crippen LogP) is 2.23. The van der Waals surface area contributed by atoms with Crippen LogP contribution in [0.25, 0.3) is 11.4 Å². The molecule has 2 aromatic rings. The molecule has 0 bridgehead atoms. The predicted molar refractivity (Wildman–Crippen MR) is 70.6 cm³/mol. The third kappa shape index (κ3) is 2.44. The van der Waals surface area contributed by atoms with Gasteiger partial charge in [0.1, 0.15) is 5.82 Å². The first kappa shape index (κ1) is 13.2. The minimum atomic E-state index is -0.310. The fourth-order valence-corrected chi connectivity index (χ4v) is 2.39. The molecule has 1 aliphatic heterocycles. The number of halogens is 1. The van der Waals surface area contributed by atoms with Crippen molar-refractivity contribution in [1.82, 2.24) is 15.5 Å². The van der Waals surface area contributed by atoms with Crippen LogP contribution in [-0.2, 0) is 4.74 Å². The zero-order chi connectivity index (χ0) is 14.1. The maximum Gasteiger partial charge on any atom is 0.244 e. The molecule has 1 saturated heterocycles. The highest BCUT2D eigenvalue weighted by molar-refractivity contribution is 5.59. The van der Waals surface area contributed by atoms with Gasteiger partial charge in [-0.15, -0.1) is 0 Å². The Morgan fingerprint density at radius 3 is 3.05 bits per heavy atom. The van der Waals surface area contributed by atoms with Crippen molar-refractivity contribution >= 4 is 0 Å². The molecule has 0 saturated carbocycles. The molecule has 1 aromatic heterocycles. The lowest BCUT2D eigenvalue weighted by molar-refractivity contribution is 0.116. The van der Waals surface area contributed by atoms with Crippen LogP contribution in [0.3, 0.4) is 0 Å². The van der Waals surface area contributed by atoms with Crippen molar-refractivity contribution in [2.24, 2.45) is 0 Å². The summed E-state index contributed by atoms with van der Waals surface area (Å²) in [6, 6.07) is 4.54. The second-order valence-corrected chi connectivity index (χ2v) is 4.97. The molecule has 20 heavy (non-hydrogen) atoms. The molecule has 6 heteroatoms. The Morgan fingerprint density at radius 1 is 1.45 bits per heavy atom. The van der Waals surface area contributed by atoms with Crippen molar-refractivity contribution in [3.05, 3.63) is 35.5 Å². The van der Waals surface area contributed by atoms with Gasteiger partial charge in [0.2, 0.25) is 11.7 Å². The molecule has 2 heterocycles. The lowest BCUT2D eigenvalue weighted by atomic mass is 10.1. The number of aryl methyl sites for hydroxylation is 1. The van der Waals surface area contributed by atoms with Crippen molar-refractivity contribution in [2.75, 3.05) is 13.7 Å². The second kappa shape index (κ2) is 5.30. The Labute approximate surface area is 116 Å². The van der Waals surface area contributed by atoms with E-state index in [4.69, 9.17) is 9.26 Å². The molecule has 106 valence electrons. The van der Waals surface area contributed by atoms with Gasteiger partial charge in [0.25, 0.3) is 0 Å². The molecule has 0 amide bonds. The SMILES string of the molecule is CO[C@@H]1CN[C@@H](c2nc(-c3cc(F)ccc3C)no2)C1. The van der Waals surface area contributed by atoms with Crippen molar-refractivity contribution in [1.29, 1.82) is 0 Å².